The van der Waals surface area contributed by atoms with Crippen LogP contribution >= 0.6 is 12.2 Å². The standard InChI is InChI=1S/C21H23N5O3S2/c1-3-29-18-9-5-16(6-10-18)15(2)24-21(30)25-17-7-11-19(12-8-17)31(27,28)26-20-22-13-4-14-23-20/h4-15H,3H2,1-2H3,(H,22,23,26)(H2,24,25,30). The highest BCUT2D eigenvalue weighted by molar-refractivity contribution is 7.92. The highest BCUT2D eigenvalue weighted by Gasteiger charge is 2.15. The van der Waals surface area contributed by atoms with Crippen LogP contribution in [0.25, 0.3) is 0 Å². The van der Waals surface area contributed by atoms with Crippen molar-refractivity contribution in [2.45, 2.75) is 24.8 Å². The Morgan fingerprint density at radius 1 is 1.06 bits per heavy atom. The van der Waals surface area contributed by atoms with Gasteiger partial charge in [-0.1, -0.05) is 12.1 Å². The van der Waals surface area contributed by atoms with Gasteiger partial charge in [-0.15, -0.1) is 0 Å². The van der Waals surface area contributed by atoms with Gasteiger partial charge in [0, 0.05) is 18.1 Å². The van der Waals surface area contributed by atoms with Crippen molar-refractivity contribution in [1.29, 1.82) is 0 Å². The Kier molecular flexibility index (Phi) is 7.37. The third kappa shape index (κ3) is 6.37. The maximum Gasteiger partial charge on any atom is 0.264 e. The molecule has 0 saturated heterocycles. The lowest BCUT2D eigenvalue weighted by atomic mass is 10.1. The zero-order chi connectivity index (χ0) is 22.3. The monoisotopic (exact) mass is 457 g/mol. The molecule has 0 aliphatic heterocycles. The Balaban J connectivity index is 1.58. The van der Waals surface area contributed by atoms with Gasteiger partial charge in [0.15, 0.2) is 5.11 Å². The van der Waals surface area contributed by atoms with Crippen LogP contribution in [0.5, 0.6) is 5.75 Å². The predicted octanol–water partition coefficient (Wildman–Crippen LogP) is 3.72. The van der Waals surface area contributed by atoms with E-state index in [1.165, 1.54) is 24.5 Å². The number of ether oxygens (including phenoxy) is 1. The molecule has 0 amide bonds. The second-order valence-electron chi connectivity index (χ2n) is 6.52. The van der Waals surface area contributed by atoms with Gasteiger partial charge in [-0.2, -0.15) is 0 Å². The molecule has 0 radical (unpaired) electrons. The lowest BCUT2D eigenvalue weighted by Crippen LogP contribution is -2.30. The minimum atomic E-state index is -3.78. The van der Waals surface area contributed by atoms with Crippen molar-refractivity contribution in [1.82, 2.24) is 15.3 Å². The summed E-state index contributed by atoms with van der Waals surface area (Å²) >= 11 is 5.38. The first kappa shape index (κ1) is 22.4. The molecule has 0 bridgehead atoms. The van der Waals surface area contributed by atoms with Gasteiger partial charge in [-0.25, -0.2) is 23.1 Å². The number of thiocarbonyl (C=S) groups is 1. The normalized spacial score (nSPS) is 11.9. The minimum Gasteiger partial charge on any atom is -0.494 e. The molecular formula is C21H23N5O3S2. The molecule has 1 aromatic heterocycles. The first-order valence-electron chi connectivity index (χ1n) is 9.57. The van der Waals surface area contributed by atoms with Gasteiger partial charge in [-0.3, -0.25) is 0 Å². The zero-order valence-electron chi connectivity index (χ0n) is 17.1. The summed E-state index contributed by atoms with van der Waals surface area (Å²) in [5.41, 5.74) is 1.72. The van der Waals surface area contributed by atoms with Gasteiger partial charge >= 0.3 is 0 Å². The van der Waals surface area contributed by atoms with Crippen molar-refractivity contribution < 1.29 is 13.2 Å². The quantitative estimate of drug-likeness (QED) is 0.440. The molecule has 2 aromatic carbocycles. The van der Waals surface area contributed by atoms with E-state index in [1.807, 2.05) is 38.1 Å². The Hall–Kier alpha value is -3.24. The summed E-state index contributed by atoms with van der Waals surface area (Å²) < 4.78 is 32.7. The van der Waals surface area contributed by atoms with Crippen molar-refractivity contribution in [3.8, 4) is 5.75 Å². The molecule has 1 unspecified atom stereocenters. The van der Waals surface area contributed by atoms with E-state index in [-0.39, 0.29) is 16.9 Å². The van der Waals surface area contributed by atoms with E-state index in [1.54, 1.807) is 18.2 Å². The molecule has 3 aromatic rings. The molecule has 1 atom stereocenters. The number of benzene rings is 2. The first-order valence-corrected chi connectivity index (χ1v) is 11.5. The topological polar surface area (TPSA) is 105 Å². The van der Waals surface area contributed by atoms with Crippen molar-refractivity contribution in [2.75, 3.05) is 16.6 Å². The maximum absolute atomic E-state index is 12.4. The molecule has 0 aliphatic rings. The van der Waals surface area contributed by atoms with Crippen LogP contribution in [0, 0.1) is 0 Å². The second-order valence-corrected chi connectivity index (χ2v) is 8.62. The van der Waals surface area contributed by atoms with Crippen LogP contribution in [0.15, 0.2) is 71.9 Å². The van der Waals surface area contributed by atoms with Crippen LogP contribution in [0.2, 0.25) is 0 Å². The summed E-state index contributed by atoms with van der Waals surface area (Å²) in [5, 5.41) is 6.69. The van der Waals surface area contributed by atoms with Crippen molar-refractivity contribution in [3.05, 3.63) is 72.6 Å². The summed E-state index contributed by atoms with van der Waals surface area (Å²) in [5.74, 6) is 0.834. The van der Waals surface area contributed by atoms with Crippen LogP contribution in [0.3, 0.4) is 0 Å². The molecule has 0 spiro atoms. The van der Waals surface area contributed by atoms with Gasteiger partial charge in [0.2, 0.25) is 5.95 Å². The fourth-order valence-electron chi connectivity index (χ4n) is 2.71. The Labute approximate surface area is 187 Å². The Bertz CT molecular complexity index is 1110. The lowest BCUT2D eigenvalue weighted by molar-refractivity contribution is 0.340. The van der Waals surface area contributed by atoms with Crippen LogP contribution in [0.4, 0.5) is 11.6 Å². The van der Waals surface area contributed by atoms with E-state index in [0.717, 1.165) is 11.3 Å². The molecule has 8 nitrogen and oxygen atoms in total. The van der Waals surface area contributed by atoms with E-state index >= 15 is 0 Å². The molecule has 162 valence electrons. The number of sulfonamides is 1. The number of aromatic nitrogens is 2. The third-order valence-corrected chi connectivity index (χ3v) is 5.82. The summed E-state index contributed by atoms with van der Waals surface area (Å²) in [4.78, 5) is 7.82. The maximum atomic E-state index is 12.4. The number of anilines is 2. The zero-order valence-corrected chi connectivity index (χ0v) is 18.7. The highest BCUT2D eigenvalue weighted by atomic mass is 32.2. The minimum absolute atomic E-state index is 0.0124. The van der Waals surface area contributed by atoms with Gasteiger partial charge < -0.3 is 15.4 Å². The van der Waals surface area contributed by atoms with Gasteiger partial charge in [0.25, 0.3) is 10.0 Å². The van der Waals surface area contributed by atoms with Crippen LogP contribution in [-0.4, -0.2) is 30.1 Å². The summed E-state index contributed by atoms with van der Waals surface area (Å²) in [6.45, 7) is 4.56. The first-order chi connectivity index (χ1) is 14.9. The van der Waals surface area contributed by atoms with Crippen LogP contribution < -0.4 is 20.1 Å². The summed E-state index contributed by atoms with van der Waals surface area (Å²) in [7, 11) is -3.78. The van der Waals surface area contributed by atoms with Gasteiger partial charge in [0.05, 0.1) is 17.5 Å². The van der Waals surface area contributed by atoms with E-state index in [2.05, 4.69) is 25.3 Å². The summed E-state index contributed by atoms with van der Waals surface area (Å²) in [6, 6.07) is 15.6. The largest absolute Gasteiger partial charge is 0.494 e. The Morgan fingerprint density at radius 2 is 1.71 bits per heavy atom. The number of hydrogen-bond donors (Lipinski definition) is 3. The van der Waals surface area contributed by atoms with Crippen molar-refractivity contribution in [3.63, 3.8) is 0 Å². The third-order valence-electron chi connectivity index (χ3n) is 4.25. The number of nitrogens with zero attached hydrogens (tertiary/aromatic N) is 2. The average Bonchev–Trinajstić information content (AvgIpc) is 2.75. The SMILES string of the molecule is CCOc1ccc(C(C)NC(=S)Nc2ccc(S(=O)(=O)Nc3ncccn3)cc2)cc1. The average molecular weight is 458 g/mol. The van der Waals surface area contributed by atoms with Crippen LogP contribution in [-0.2, 0) is 10.0 Å². The smallest absolute Gasteiger partial charge is 0.264 e. The fraction of sp³-hybridized carbons (Fsp3) is 0.190. The highest BCUT2D eigenvalue weighted by Crippen LogP contribution is 2.19. The van der Waals surface area contributed by atoms with Crippen molar-refractivity contribution >= 4 is 39.0 Å². The lowest BCUT2D eigenvalue weighted by Gasteiger charge is -2.18. The molecule has 10 heteroatoms. The van der Waals surface area contributed by atoms with Crippen LogP contribution in [0.1, 0.15) is 25.5 Å². The number of nitrogens with one attached hydrogen (secondary N) is 3. The molecule has 3 N–H and O–H groups in total. The van der Waals surface area contributed by atoms with E-state index in [4.69, 9.17) is 17.0 Å². The van der Waals surface area contributed by atoms with Gasteiger partial charge in [0.1, 0.15) is 5.75 Å². The molecule has 0 fully saturated rings. The summed E-state index contributed by atoms with van der Waals surface area (Å²) in [6.07, 6.45) is 2.92. The molecule has 0 aliphatic carbocycles. The number of rotatable bonds is 8. The Morgan fingerprint density at radius 3 is 2.32 bits per heavy atom. The van der Waals surface area contributed by atoms with E-state index in [0.29, 0.717) is 17.4 Å². The number of hydrogen-bond acceptors (Lipinski definition) is 6. The second kappa shape index (κ2) is 10.2. The molecule has 0 saturated carbocycles. The molecule has 1 heterocycles. The molecular weight excluding hydrogens is 434 g/mol. The van der Waals surface area contributed by atoms with E-state index in [9.17, 15) is 8.42 Å². The fourth-order valence-corrected chi connectivity index (χ4v) is 3.97. The van der Waals surface area contributed by atoms with Crippen molar-refractivity contribution in [2.24, 2.45) is 0 Å². The van der Waals surface area contributed by atoms with E-state index < -0.39 is 10.0 Å². The molecule has 3 rings (SSSR count). The predicted molar refractivity (Wildman–Crippen MR) is 125 cm³/mol. The van der Waals surface area contributed by atoms with Gasteiger partial charge in [-0.05, 0) is 74.1 Å². The molecule has 31 heavy (non-hydrogen) atoms.